The molecule has 0 aromatic rings. The monoisotopic (exact) mass is 270 g/mol. The molecule has 0 spiro atoms. The molecule has 2 heterocycles. The minimum atomic E-state index is -0.265. The van der Waals surface area contributed by atoms with E-state index in [0.29, 0.717) is 13.2 Å². The maximum atomic E-state index is 11.1. The molecule has 110 valence electrons. The van der Waals surface area contributed by atoms with Crippen LogP contribution in [0.5, 0.6) is 0 Å². The highest BCUT2D eigenvalue weighted by atomic mass is 16.6. The van der Waals surface area contributed by atoms with Crippen LogP contribution in [-0.4, -0.2) is 74.4 Å². The molecule has 0 aromatic carbocycles. The number of ether oxygens (including phenoxy) is 2. The Morgan fingerprint density at radius 1 is 1.26 bits per heavy atom. The Balaban J connectivity index is 1.54. The second-order valence-corrected chi connectivity index (χ2v) is 5.34. The van der Waals surface area contributed by atoms with E-state index in [-0.39, 0.29) is 12.6 Å². The van der Waals surface area contributed by atoms with E-state index in [9.17, 15) is 4.79 Å². The van der Waals surface area contributed by atoms with Crippen LogP contribution >= 0.6 is 0 Å². The number of hydrogen-bond donors (Lipinski definition) is 0. The Bertz CT molecular complexity index is 280. The number of hydrogen-bond acceptors (Lipinski definition) is 5. The van der Waals surface area contributed by atoms with Crippen LogP contribution in [0.3, 0.4) is 0 Å². The number of esters is 1. The molecule has 2 aliphatic rings. The van der Waals surface area contributed by atoms with E-state index in [1.807, 2.05) is 0 Å². The first kappa shape index (κ1) is 14.8. The first-order valence-corrected chi connectivity index (χ1v) is 7.49. The van der Waals surface area contributed by atoms with Gasteiger partial charge in [-0.15, -0.1) is 0 Å². The SMILES string of the molecule is CCOC(=O)COCCN1CCC(N2CCCC2)C1. The molecule has 0 radical (unpaired) electrons. The van der Waals surface area contributed by atoms with Gasteiger partial charge in [0.2, 0.25) is 0 Å². The van der Waals surface area contributed by atoms with Crippen molar-refractivity contribution in [3.05, 3.63) is 0 Å². The van der Waals surface area contributed by atoms with E-state index in [1.54, 1.807) is 6.92 Å². The summed E-state index contributed by atoms with van der Waals surface area (Å²) in [7, 11) is 0. The van der Waals surface area contributed by atoms with E-state index < -0.39 is 0 Å². The molecule has 1 atom stereocenters. The molecule has 19 heavy (non-hydrogen) atoms. The van der Waals surface area contributed by atoms with Gasteiger partial charge in [0.1, 0.15) is 6.61 Å². The molecule has 0 bridgehead atoms. The van der Waals surface area contributed by atoms with Crippen LogP contribution in [0.4, 0.5) is 0 Å². The Kier molecular flexibility index (Phi) is 6.07. The molecular weight excluding hydrogens is 244 g/mol. The van der Waals surface area contributed by atoms with Gasteiger partial charge in [0, 0.05) is 19.1 Å². The highest BCUT2D eigenvalue weighted by molar-refractivity contribution is 5.70. The molecule has 2 fully saturated rings. The van der Waals surface area contributed by atoms with Gasteiger partial charge in [-0.3, -0.25) is 9.80 Å². The van der Waals surface area contributed by atoms with Crippen molar-refractivity contribution in [2.75, 3.05) is 52.5 Å². The lowest BCUT2D eigenvalue weighted by Gasteiger charge is -2.23. The van der Waals surface area contributed by atoms with Gasteiger partial charge in [0.05, 0.1) is 13.2 Å². The van der Waals surface area contributed by atoms with Crippen molar-refractivity contribution in [3.8, 4) is 0 Å². The topological polar surface area (TPSA) is 42.0 Å². The fraction of sp³-hybridized carbons (Fsp3) is 0.929. The average Bonchev–Trinajstić information content (AvgIpc) is 3.05. The zero-order valence-electron chi connectivity index (χ0n) is 12.0. The third-order valence-corrected chi connectivity index (χ3v) is 3.98. The van der Waals surface area contributed by atoms with Crippen molar-refractivity contribution in [2.45, 2.75) is 32.2 Å². The Morgan fingerprint density at radius 2 is 2.05 bits per heavy atom. The number of carbonyl (C=O) groups is 1. The van der Waals surface area contributed by atoms with E-state index in [1.165, 1.54) is 32.4 Å². The number of carbonyl (C=O) groups excluding carboxylic acids is 1. The van der Waals surface area contributed by atoms with Crippen molar-refractivity contribution in [1.82, 2.24) is 9.80 Å². The predicted octanol–water partition coefficient (Wildman–Crippen LogP) is 0.736. The second-order valence-electron chi connectivity index (χ2n) is 5.34. The molecule has 5 nitrogen and oxygen atoms in total. The summed E-state index contributed by atoms with van der Waals surface area (Å²) in [5.74, 6) is -0.265. The zero-order chi connectivity index (χ0) is 13.5. The Morgan fingerprint density at radius 3 is 2.79 bits per heavy atom. The summed E-state index contributed by atoms with van der Waals surface area (Å²) in [6.07, 6.45) is 4.00. The lowest BCUT2D eigenvalue weighted by Crippen LogP contribution is -2.36. The fourth-order valence-electron chi connectivity index (χ4n) is 2.97. The van der Waals surface area contributed by atoms with Crippen LogP contribution in [0.15, 0.2) is 0 Å². The van der Waals surface area contributed by atoms with Crippen LogP contribution in [0, 0.1) is 0 Å². The van der Waals surface area contributed by atoms with Crippen LogP contribution in [0.25, 0.3) is 0 Å². The van der Waals surface area contributed by atoms with Crippen molar-refractivity contribution in [1.29, 1.82) is 0 Å². The Hall–Kier alpha value is -0.650. The lowest BCUT2D eigenvalue weighted by atomic mass is 10.2. The zero-order valence-corrected chi connectivity index (χ0v) is 12.0. The average molecular weight is 270 g/mol. The van der Waals surface area contributed by atoms with E-state index in [2.05, 4.69) is 9.80 Å². The first-order chi connectivity index (χ1) is 9.29. The van der Waals surface area contributed by atoms with Crippen LogP contribution in [-0.2, 0) is 14.3 Å². The third-order valence-electron chi connectivity index (χ3n) is 3.98. The lowest BCUT2D eigenvalue weighted by molar-refractivity contribution is -0.148. The summed E-state index contributed by atoms with van der Waals surface area (Å²) in [6.45, 7) is 8.71. The van der Waals surface area contributed by atoms with Crippen molar-refractivity contribution < 1.29 is 14.3 Å². The first-order valence-electron chi connectivity index (χ1n) is 7.49. The smallest absolute Gasteiger partial charge is 0.332 e. The van der Waals surface area contributed by atoms with Gasteiger partial charge in [0.15, 0.2) is 0 Å². The van der Waals surface area contributed by atoms with Crippen molar-refractivity contribution in [3.63, 3.8) is 0 Å². The summed E-state index contributed by atoms with van der Waals surface area (Å²) >= 11 is 0. The molecule has 5 heteroatoms. The normalized spacial score (nSPS) is 25.0. The van der Waals surface area contributed by atoms with Gasteiger partial charge >= 0.3 is 5.97 Å². The Labute approximate surface area is 115 Å². The highest BCUT2D eigenvalue weighted by Crippen LogP contribution is 2.19. The van der Waals surface area contributed by atoms with Crippen LogP contribution in [0.2, 0.25) is 0 Å². The van der Waals surface area contributed by atoms with Crippen LogP contribution < -0.4 is 0 Å². The predicted molar refractivity (Wildman–Crippen MR) is 73.1 cm³/mol. The van der Waals surface area contributed by atoms with Gasteiger partial charge < -0.3 is 9.47 Å². The third kappa shape index (κ3) is 4.75. The number of rotatable bonds is 7. The molecule has 2 saturated heterocycles. The highest BCUT2D eigenvalue weighted by Gasteiger charge is 2.28. The second kappa shape index (κ2) is 7.82. The van der Waals surface area contributed by atoms with Gasteiger partial charge in [-0.1, -0.05) is 0 Å². The van der Waals surface area contributed by atoms with Gasteiger partial charge in [0.25, 0.3) is 0 Å². The van der Waals surface area contributed by atoms with Crippen LogP contribution in [0.1, 0.15) is 26.2 Å². The molecule has 0 amide bonds. The van der Waals surface area contributed by atoms with Crippen molar-refractivity contribution >= 4 is 5.97 Å². The summed E-state index contributed by atoms with van der Waals surface area (Å²) in [5, 5.41) is 0. The molecule has 0 aliphatic carbocycles. The minimum Gasteiger partial charge on any atom is -0.464 e. The summed E-state index contributed by atoms with van der Waals surface area (Å²) < 4.78 is 10.2. The fourth-order valence-corrected chi connectivity index (χ4v) is 2.97. The molecule has 1 unspecified atom stereocenters. The summed E-state index contributed by atoms with van der Waals surface area (Å²) in [5.41, 5.74) is 0. The summed E-state index contributed by atoms with van der Waals surface area (Å²) in [6, 6.07) is 0.743. The van der Waals surface area contributed by atoms with Gasteiger partial charge in [-0.05, 0) is 45.8 Å². The molecule has 0 N–H and O–H groups in total. The van der Waals surface area contributed by atoms with Gasteiger partial charge in [-0.25, -0.2) is 4.79 Å². The molecule has 0 saturated carbocycles. The molecule has 0 aromatic heterocycles. The maximum absolute atomic E-state index is 11.1. The summed E-state index contributed by atoms with van der Waals surface area (Å²) in [4.78, 5) is 16.2. The van der Waals surface area contributed by atoms with E-state index in [4.69, 9.17) is 9.47 Å². The molecular formula is C14H26N2O3. The molecule has 2 rings (SSSR count). The van der Waals surface area contributed by atoms with Gasteiger partial charge in [-0.2, -0.15) is 0 Å². The standard InChI is InChI=1S/C14H26N2O3/c1-2-19-14(17)12-18-10-9-15-8-5-13(11-15)16-6-3-4-7-16/h13H,2-12H2,1H3. The number of nitrogens with zero attached hydrogens (tertiary/aromatic N) is 2. The quantitative estimate of drug-likeness (QED) is 0.504. The van der Waals surface area contributed by atoms with E-state index in [0.717, 1.165) is 25.7 Å². The maximum Gasteiger partial charge on any atom is 0.332 e. The largest absolute Gasteiger partial charge is 0.464 e. The number of likely N-dealkylation sites (tertiary alicyclic amines) is 2. The minimum absolute atomic E-state index is 0.0806. The molecule has 2 aliphatic heterocycles. The van der Waals surface area contributed by atoms with Crippen molar-refractivity contribution in [2.24, 2.45) is 0 Å². The van der Waals surface area contributed by atoms with E-state index >= 15 is 0 Å².